The molecule has 0 aliphatic carbocycles. The monoisotopic (exact) mass is 432 g/mol. The van der Waals surface area contributed by atoms with Crippen LogP contribution in [-0.2, 0) is 6.54 Å². The van der Waals surface area contributed by atoms with Gasteiger partial charge in [-0.05, 0) is 30.7 Å². The third-order valence-corrected chi connectivity index (χ3v) is 6.29. The highest BCUT2D eigenvalue weighted by Gasteiger charge is 2.23. The van der Waals surface area contributed by atoms with Gasteiger partial charge < -0.3 is 25.0 Å². The van der Waals surface area contributed by atoms with Gasteiger partial charge in [0.2, 0.25) is 0 Å². The van der Waals surface area contributed by atoms with Gasteiger partial charge in [0.05, 0.1) is 14.2 Å². The first-order chi connectivity index (χ1) is 15.1. The summed E-state index contributed by atoms with van der Waals surface area (Å²) in [6.07, 6.45) is 1.11. The van der Waals surface area contributed by atoms with Gasteiger partial charge in [-0.2, -0.15) is 0 Å². The summed E-state index contributed by atoms with van der Waals surface area (Å²) < 4.78 is 10.8. The summed E-state index contributed by atoms with van der Waals surface area (Å²) in [6, 6.07) is 6.50. The molecule has 0 amide bonds. The van der Waals surface area contributed by atoms with Gasteiger partial charge in [-0.25, -0.2) is 0 Å². The number of methoxy groups -OCH3 is 2. The van der Waals surface area contributed by atoms with Crippen molar-refractivity contribution in [3.63, 3.8) is 0 Å². The zero-order valence-corrected chi connectivity index (χ0v) is 19.7. The Morgan fingerprint density at radius 2 is 1.68 bits per heavy atom. The summed E-state index contributed by atoms with van der Waals surface area (Å²) in [4.78, 5) is 11.9. The Labute approximate surface area is 187 Å². The molecule has 8 heteroatoms. The molecule has 2 aliphatic rings. The van der Waals surface area contributed by atoms with Crippen LogP contribution in [0, 0.1) is 0 Å². The van der Waals surface area contributed by atoms with Crippen molar-refractivity contribution in [2.45, 2.75) is 25.9 Å². The lowest BCUT2D eigenvalue weighted by molar-refractivity contribution is 0.139. The van der Waals surface area contributed by atoms with Crippen LogP contribution in [0.1, 0.15) is 18.9 Å². The smallest absolute Gasteiger partial charge is 0.191 e. The van der Waals surface area contributed by atoms with Crippen molar-refractivity contribution in [1.82, 2.24) is 25.3 Å². The molecular weight excluding hydrogens is 392 g/mol. The fourth-order valence-corrected chi connectivity index (χ4v) is 4.36. The maximum atomic E-state index is 5.40. The molecule has 2 fully saturated rings. The van der Waals surface area contributed by atoms with E-state index in [2.05, 4.69) is 49.4 Å². The number of hydrogen-bond donors (Lipinski definition) is 2. The van der Waals surface area contributed by atoms with Crippen molar-refractivity contribution in [2.75, 3.05) is 80.2 Å². The number of aliphatic imine (C=N–C) groups is 1. The average molecular weight is 433 g/mol. The van der Waals surface area contributed by atoms with Crippen LogP contribution >= 0.6 is 0 Å². The number of likely N-dealkylation sites (tertiary alicyclic amines) is 1. The zero-order valence-electron chi connectivity index (χ0n) is 19.7. The van der Waals surface area contributed by atoms with Gasteiger partial charge in [0, 0.05) is 78.1 Å². The summed E-state index contributed by atoms with van der Waals surface area (Å²) >= 11 is 0. The highest BCUT2D eigenvalue weighted by molar-refractivity contribution is 5.80. The predicted octanol–water partition coefficient (Wildman–Crippen LogP) is 1.08. The zero-order chi connectivity index (χ0) is 22.1. The fraction of sp³-hybridized carbons (Fsp3) is 0.696. The molecule has 31 heavy (non-hydrogen) atoms. The molecule has 3 rings (SSSR count). The first kappa shape index (κ1) is 23.6. The minimum absolute atomic E-state index is 0.409. The molecule has 1 aromatic rings. The molecule has 0 saturated carbocycles. The first-order valence-electron chi connectivity index (χ1n) is 11.5. The van der Waals surface area contributed by atoms with Crippen LogP contribution in [0.15, 0.2) is 23.2 Å². The minimum Gasteiger partial charge on any atom is -0.497 e. The fourth-order valence-electron chi connectivity index (χ4n) is 4.36. The van der Waals surface area contributed by atoms with Crippen LogP contribution in [0.2, 0.25) is 0 Å². The van der Waals surface area contributed by atoms with Crippen molar-refractivity contribution in [2.24, 2.45) is 4.99 Å². The highest BCUT2D eigenvalue weighted by atomic mass is 16.5. The molecule has 174 valence electrons. The molecule has 0 spiro atoms. The number of guanidine groups is 1. The van der Waals surface area contributed by atoms with Crippen LogP contribution in [0.5, 0.6) is 11.5 Å². The van der Waals surface area contributed by atoms with Gasteiger partial charge in [-0.15, -0.1) is 0 Å². The summed E-state index contributed by atoms with van der Waals surface area (Å²) in [7, 11) is 5.24. The van der Waals surface area contributed by atoms with Crippen LogP contribution in [0.4, 0.5) is 0 Å². The Morgan fingerprint density at radius 1 is 1.00 bits per heavy atom. The lowest BCUT2D eigenvalue weighted by Gasteiger charge is -2.34. The first-order valence-corrected chi connectivity index (χ1v) is 11.5. The van der Waals surface area contributed by atoms with Gasteiger partial charge in [0.1, 0.15) is 11.5 Å². The van der Waals surface area contributed by atoms with Gasteiger partial charge in [0.15, 0.2) is 5.96 Å². The third-order valence-electron chi connectivity index (χ3n) is 6.29. The Balaban J connectivity index is 1.39. The second kappa shape index (κ2) is 12.1. The second-order valence-electron chi connectivity index (χ2n) is 8.36. The highest BCUT2D eigenvalue weighted by Crippen LogP contribution is 2.24. The molecule has 2 N–H and O–H groups in total. The van der Waals surface area contributed by atoms with Crippen molar-refractivity contribution in [3.05, 3.63) is 23.8 Å². The molecule has 2 aliphatic heterocycles. The standard InChI is InChI=1S/C23H40N6O2/c1-5-27-10-12-28(13-11-27)9-7-25-23(24-2)26-20-6-8-29(18-20)17-19-14-21(30-3)16-22(15-19)31-4/h14-16,20H,5-13,17-18H2,1-4H3,(H2,24,25,26). The van der Waals surface area contributed by atoms with Crippen LogP contribution in [0.3, 0.4) is 0 Å². The van der Waals surface area contributed by atoms with Crippen molar-refractivity contribution in [1.29, 1.82) is 0 Å². The number of nitrogens with one attached hydrogen (secondary N) is 2. The summed E-state index contributed by atoms with van der Waals surface area (Å²) in [5.41, 5.74) is 1.21. The molecule has 8 nitrogen and oxygen atoms in total. The molecule has 1 unspecified atom stereocenters. The number of likely N-dealkylation sites (N-methyl/N-ethyl adjacent to an activating group) is 1. The molecule has 2 heterocycles. The Bertz CT molecular complexity index is 683. The molecular formula is C23H40N6O2. The number of piperazine rings is 1. The van der Waals surface area contributed by atoms with E-state index < -0.39 is 0 Å². The Hall–Kier alpha value is -2.03. The molecule has 1 aromatic carbocycles. The Kier molecular flexibility index (Phi) is 9.24. The average Bonchev–Trinajstić information content (AvgIpc) is 3.25. The van der Waals surface area contributed by atoms with Crippen LogP contribution < -0.4 is 20.1 Å². The lowest BCUT2D eigenvalue weighted by Crippen LogP contribution is -2.50. The maximum absolute atomic E-state index is 5.40. The van der Waals surface area contributed by atoms with E-state index >= 15 is 0 Å². The normalized spacial score (nSPS) is 21.3. The number of nitrogens with zero attached hydrogens (tertiary/aromatic N) is 4. The van der Waals surface area contributed by atoms with E-state index in [1.165, 1.54) is 18.7 Å². The van der Waals surface area contributed by atoms with Crippen molar-refractivity contribution in [3.8, 4) is 11.5 Å². The summed E-state index contributed by atoms with van der Waals surface area (Å²) in [6.45, 7) is 13.0. The summed E-state index contributed by atoms with van der Waals surface area (Å²) in [5.74, 6) is 2.58. The van der Waals surface area contributed by atoms with Crippen LogP contribution in [-0.4, -0.2) is 107 Å². The van der Waals surface area contributed by atoms with E-state index in [4.69, 9.17) is 9.47 Å². The van der Waals surface area contributed by atoms with E-state index in [1.54, 1.807) is 14.2 Å². The number of hydrogen-bond acceptors (Lipinski definition) is 6. The van der Waals surface area contributed by atoms with Crippen molar-refractivity contribution >= 4 is 5.96 Å². The van der Waals surface area contributed by atoms with E-state index in [0.29, 0.717) is 6.04 Å². The number of ether oxygens (including phenoxy) is 2. The number of benzene rings is 1. The van der Waals surface area contributed by atoms with E-state index in [9.17, 15) is 0 Å². The molecule has 0 aromatic heterocycles. The SMILES string of the molecule is CCN1CCN(CCNC(=NC)NC2CCN(Cc3cc(OC)cc(OC)c3)C2)CC1. The molecule has 0 bridgehead atoms. The minimum atomic E-state index is 0.409. The van der Waals surface area contributed by atoms with Crippen LogP contribution in [0.25, 0.3) is 0 Å². The topological polar surface area (TPSA) is 64.6 Å². The maximum Gasteiger partial charge on any atom is 0.191 e. The van der Waals surface area contributed by atoms with E-state index in [0.717, 1.165) is 76.2 Å². The second-order valence-corrected chi connectivity index (χ2v) is 8.36. The van der Waals surface area contributed by atoms with Gasteiger partial charge in [-0.3, -0.25) is 14.8 Å². The van der Waals surface area contributed by atoms with E-state index in [-0.39, 0.29) is 0 Å². The molecule has 0 radical (unpaired) electrons. The lowest BCUT2D eigenvalue weighted by atomic mass is 10.2. The van der Waals surface area contributed by atoms with Gasteiger partial charge in [0.25, 0.3) is 0 Å². The third kappa shape index (κ3) is 7.26. The van der Waals surface area contributed by atoms with Gasteiger partial charge in [-0.1, -0.05) is 6.92 Å². The van der Waals surface area contributed by atoms with Crippen molar-refractivity contribution < 1.29 is 9.47 Å². The quantitative estimate of drug-likeness (QED) is 0.447. The summed E-state index contributed by atoms with van der Waals surface area (Å²) in [5, 5.41) is 7.10. The van der Waals surface area contributed by atoms with Gasteiger partial charge >= 0.3 is 0 Å². The Morgan fingerprint density at radius 3 is 2.29 bits per heavy atom. The molecule has 2 saturated heterocycles. The predicted molar refractivity (Wildman–Crippen MR) is 126 cm³/mol. The van der Waals surface area contributed by atoms with E-state index in [1.807, 2.05) is 13.1 Å². The molecule has 1 atom stereocenters. The largest absolute Gasteiger partial charge is 0.497 e. The number of rotatable bonds is 9.